The molecule has 1 aromatic carbocycles. The zero-order valence-corrected chi connectivity index (χ0v) is 12.6. The van der Waals surface area contributed by atoms with E-state index in [1.807, 2.05) is 39.1 Å². The maximum absolute atomic E-state index is 12.0. The highest BCUT2D eigenvalue weighted by molar-refractivity contribution is 5.92. The van der Waals surface area contributed by atoms with Gasteiger partial charge in [-0.3, -0.25) is 0 Å². The summed E-state index contributed by atoms with van der Waals surface area (Å²) in [5.74, 6) is -0.842. The average Bonchev–Trinajstić information content (AvgIpc) is 2.40. The van der Waals surface area contributed by atoms with E-state index in [9.17, 15) is 9.59 Å². The van der Waals surface area contributed by atoms with Crippen LogP contribution in [0.3, 0.4) is 0 Å². The fraction of sp³-hybridized carbons (Fsp3) is 0.467. The summed E-state index contributed by atoms with van der Waals surface area (Å²) in [5.41, 5.74) is 1.60. The number of para-hydroxylation sites is 1. The molecular weight excluding hydrogens is 270 g/mol. The molecule has 0 aliphatic rings. The lowest BCUT2D eigenvalue weighted by atomic mass is 10.0. The van der Waals surface area contributed by atoms with Gasteiger partial charge in [-0.15, -0.1) is 0 Å². The van der Waals surface area contributed by atoms with E-state index in [0.29, 0.717) is 18.7 Å². The van der Waals surface area contributed by atoms with E-state index in [-0.39, 0.29) is 5.92 Å². The third-order valence-corrected chi connectivity index (χ3v) is 2.94. The summed E-state index contributed by atoms with van der Waals surface area (Å²) in [6, 6.07) is 5.99. The number of anilines is 1. The van der Waals surface area contributed by atoms with Crippen molar-refractivity contribution in [3.8, 4) is 0 Å². The maximum atomic E-state index is 12.0. The van der Waals surface area contributed by atoms with Crippen LogP contribution in [0.25, 0.3) is 0 Å². The zero-order chi connectivity index (χ0) is 15.8. The lowest BCUT2D eigenvalue weighted by molar-refractivity contribution is -0.139. The van der Waals surface area contributed by atoms with Gasteiger partial charge < -0.3 is 21.1 Å². The second-order valence-corrected chi connectivity index (χ2v) is 5.31. The first-order valence-electron chi connectivity index (χ1n) is 6.96. The monoisotopic (exact) mass is 293 g/mol. The number of hydrogen-bond acceptors (Lipinski definition) is 3. The predicted octanol–water partition coefficient (Wildman–Crippen LogP) is 2.03. The van der Waals surface area contributed by atoms with Crippen LogP contribution in [0.4, 0.5) is 10.5 Å². The number of nitrogens with one attached hydrogen (secondary N) is 3. The van der Waals surface area contributed by atoms with Crippen LogP contribution in [0.5, 0.6) is 0 Å². The van der Waals surface area contributed by atoms with Crippen molar-refractivity contribution in [3.63, 3.8) is 0 Å². The molecule has 0 aromatic heterocycles. The van der Waals surface area contributed by atoms with Gasteiger partial charge in [-0.2, -0.15) is 0 Å². The van der Waals surface area contributed by atoms with E-state index in [4.69, 9.17) is 5.11 Å². The van der Waals surface area contributed by atoms with Gasteiger partial charge in [-0.05, 0) is 31.0 Å². The first-order valence-corrected chi connectivity index (χ1v) is 6.96. The Bertz CT molecular complexity index is 489. The van der Waals surface area contributed by atoms with Gasteiger partial charge in [-0.1, -0.05) is 32.0 Å². The van der Waals surface area contributed by atoms with Crippen LogP contribution in [-0.4, -0.2) is 30.2 Å². The zero-order valence-electron chi connectivity index (χ0n) is 12.6. The number of hydrogen-bond donors (Lipinski definition) is 4. The molecule has 0 saturated carbocycles. The van der Waals surface area contributed by atoms with Gasteiger partial charge in [-0.25, -0.2) is 9.59 Å². The highest BCUT2D eigenvalue weighted by Crippen LogP contribution is 2.14. The van der Waals surface area contributed by atoms with Crippen LogP contribution in [0, 0.1) is 5.92 Å². The molecule has 1 aromatic rings. The van der Waals surface area contributed by atoms with Crippen molar-refractivity contribution in [3.05, 3.63) is 29.8 Å². The average molecular weight is 293 g/mol. The molecule has 0 radical (unpaired) electrons. The van der Waals surface area contributed by atoms with Gasteiger partial charge in [0.2, 0.25) is 0 Å². The summed E-state index contributed by atoms with van der Waals surface area (Å²) in [5, 5.41) is 17.3. The number of rotatable bonds is 7. The minimum atomic E-state index is -1.03. The Hall–Kier alpha value is -2.08. The van der Waals surface area contributed by atoms with Gasteiger partial charge >= 0.3 is 12.0 Å². The molecule has 0 bridgehead atoms. The number of urea groups is 1. The van der Waals surface area contributed by atoms with Gasteiger partial charge in [0.25, 0.3) is 0 Å². The maximum Gasteiger partial charge on any atom is 0.326 e. The summed E-state index contributed by atoms with van der Waals surface area (Å²) in [7, 11) is 1.82. The highest BCUT2D eigenvalue weighted by Gasteiger charge is 2.21. The van der Waals surface area contributed by atoms with E-state index in [2.05, 4.69) is 16.0 Å². The van der Waals surface area contributed by atoms with Gasteiger partial charge in [0.1, 0.15) is 6.04 Å². The Kier molecular flexibility index (Phi) is 6.68. The minimum Gasteiger partial charge on any atom is -0.480 e. The van der Waals surface area contributed by atoms with Crippen molar-refractivity contribution in [1.82, 2.24) is 10.6 Å². The molecule has 1 unspecified atom stereocenters. The Morgan fingerprint density at radius 2 is 1.90 bits per heavy atom. The summed E-state index contributed by atoms with van der Waals surface area (Å²) >= 11 is 0. The molecule has 0 aliphatic heterocycles. The summed E-state index contributed by atoms with van der Waals surface area (Å²) in [6.07, 6.45) is 0.390. The summed E-state index contributed by atoms with van der Waals surface area (Å²) < 4.78 is 0. The van der Waals surface area contributed by atoms with Crippen LogP contribution in [0.1, 0.15) is 25.8 Å². The molecule has 1 atom stereocenters. The fourth-order valence-electron chi connectivity index (χ4n) is 2.00. The van der Waals surface area contributed by atoms with E-state index >= 15 is 0 Å². The molecule has 6 nitrogen and oxygen atoms in total. The van der Waals surface area contributed by atoms with Gasteiger partial charge in [0.05, 0.1) is 0 Å². The van der Waals surface area contributed by atoms with Gasteiger partial charge in [0, 0.05) is 12.2 Å². The number of aliphatic carboxylic acids is 1. The SMILES string of the molecule is CNCc1ccccc1NC(=O)NC(CC(C)C)C(=O)O. The Labute approximate surface area is 124 Å². The fourth-order valence-corrected chi connectivity index (χ4v) is 2.00. The van der Waals surface area contributed by atoms with Gasteiger partial charge in [0.15, 0.2) is 0 Å². The second-order valence-electron chi connectivity index (χ2n) is 5.31. The molecule has 0 spiro atoms. The number of carboxylic acid groups (broad SMARTS) is 1. The molecule has 116 valence electrons. The first kappa shape index (κ1) is 17.0. The molecule has 0 saturated heterocycles. The molecular formula is C15H23N3O3. The van der Waals surface area contributed by atoms with Crippen LogP contribution < -0.4 is 16.0 Å². The van der Waals surface area contributed by atoms with Crippen molar-refractivity contribution < 1.29 is 14.7 Å². The molecule has 0 fully saturated rings. The van der Waals surface area contributed by atoms with E-state index < -0.39 is 18.0 Å². The standard InChI is InChI=1S/C15H23N3O3/c1-10(2)8-13(14(19)20)18-15(21)17-12-7-5-4-6-11(12)9-16-3/h4-7,10,13,16H,8-9H2,1-3H3,(H,19,20)(H2,17,18,21). The Morgan fingerprint density at radius 3 is 2.48 bits per heavy atom. The molecule has 4 N–H and O–H groups in total. The van der Waals surface area contributed by atoms with Crippen molar-refractivity contribution in [1.29, 1.82) is 0 Å². The molecule has 0 heterocycles. The normalized spacial score (nSPS) is 12.0. The molecule has 0 aliphatic carbocycles. The number of carbonyl (C=O) groups is 2. The summed E-state index contributed by atoms with van der Waals surface area (Å²) in [4.78, 5) is 23.1. The predicted molar refractivity (Wildman–Crippen MR) is 82.2 cm³/mol. The largest absolute Gasteiger partial charge is 0.480 e. The highest BCUT2D eigenvalue weighted by atomic mass is 16.4. The molecule has 1 rings (SSSR count). The van der Waals surface area contributed by atoms with Crippen LogP contribution in [0.15, 0.2) is 24.3 Å². The van der Waals surface area contributed by atoms with Crippen molar-refractivity contribution in [2.45, 2.75) is 32.9 Å². The number of carboxylic acids is 1. The van der Waals surface area contributed by atoms with Crippen molar-refractivity contribution in [2.75, 3.05) is 12.4 Å². The number of benzene rings is 1. The first-order chi connectivity index (χ1) is 9.93. The summed E-state index contributed by atoms with van der Waals surface area (Å²) in [6.45, 7) is 4.44. The lowest BCUT2D eigenvalue weighted by Gasteiger charge is -2.18. The van der Waals surface area contributed by atoms with Crippen LogP contribution in [0.2, 0.25) is 0 Å². The molecule has 21 heavy (non-hydrogen) atoms. The van der Waals surface area contributed by atoms with Crippen LogP contribution in [-0.2, 0) is 11.3 Å². The smallest absolute Gasteiger partial charge is 0.326 e. The Balaban J connectivity index is 2.70. The molecule has 6 heteroatoms. The Morgan fingerprint density at radius 1 is 1.24 bits per heavy atom. The lowest BCUT2D eigenvalue weighted by Crippen LogP contribution is -2.43. The van der Waals surface area contributed by atoms with Crippen LogP contribution >= 0.6 is 0 Å². The third-order valence-electron chi connectivity index (χ3n) is 2.94. The number of amides is 2. The quantitative estimate of drug-likeness (QED) is 0.619. The van der Waals surface area contributed by atoms with E-state index in [1.165, 1.54) is 0 Å². The second kappa shape index (κ2) is 8.26. The number of carbonyl (C=O) groups excluding carboxylic acids is 1. The molecule has 2 amide bonds. The van der Waals surface area contributed by atoms with E-state index in [1.54, 1.807) is 6.07 Å². The van der Waals surface area contributed by atoms with Crippen molar-refractivity contribution in [2.24, 2.45) is 5.92 Å². The minimum absolute atomic E-state index is 0.183. The van der Waals surface area contributed by atoms with Crippen molar-refractivity contribution >= 4 is 17.7 Å². The topological polar surface area (TPSA) is 90.5 Å². The third kappa shape index (κ3) is 5.83. The van der Waals surface area contributed by atoms with E-state index in [0.717, 1.165) is 5.56 Å².